The number of carbonyl (C=O) groups excluding carboxylic acids is 1. The Kier molecular flexibility index (Phi) is 3.07. The van der Waals surface area contributed by atoms with Crippen LogP contribution in [0.4, 0.5) is 0 Å². The SMILES string of the molecule is C=CCC(C=C)(OC=O)C12CC3CC(CC(C3)C1)C2. The van der Waals surface area contributed by atoms with E-state index < -0.39 is 5.60 Å². The molecule has 1 unspecified atom stereocenters. The summed E-state index contributed by atoms with van der Waals surface area (Å²) in [5.41, 5.74) is -0.398. The molecular weight excluding hydrogens is 236 g/mol. The molecule has 0 spiro atoms. The Labute approximate surface area is 115 Å². The third-order valence-electron chi connectivity index (χ3n) is 5.97. The monoisotopic (exact) mass is 260 g/mol. The van der Waals surface area contributed by atoms with Crippen molar-refractivity contribution in [2.45, 2.75) is 50.5 Å². The fourth-order valence-corrected chi connectivity index (χ4v) is 5.67. The minimum Gasteiger partial charge on any atom is -0.456 e. The van der Waals surface area contributed by atoms with Gasteiger partial charge in [-0.3, -0.25) is 4.79 Å². The third kappa shape index (κ3) is 1.79. The van der Waals surface area contributed by atoms with Gasteiger partial charge in [0.15, 0.2) is 0 Å². The Balaban J connectivity index is 1.98. The van der Waals surface area contributed by atoms with Crippen molar-refractivity contribution in [3.8, 4) is 0 Å². The molecule has 0 aromatic heterocycles. The highest BCUT2D eigenvalue weighted by Gasteiger charge is 2.60. The number of carbonyl (C=O) groups is 1. The summed E-state index contributed by atoms with van der Waals surface area (Å²) < 4.78 is 5.63. The van der Waals surface area contributed by atoms with Gasteiger partial charge in [0.25, 0.3) is 6.47 Å². The summed E-state index contributed by atoms with van der Waals surface area (Å²) in [7, 11) is 0. The smallest absolute Gasteiger partial charge is 0.293 e. The molecule has 4 fully saturated rings. The van der Waals surface area contributed by atoms with E-state index in [-0.39, 0.29) is 5.41 Å². The van der Waals surface area contributed by atoms with Crippen LogP contribution in [0, 0.1) is 23.2 Å². The molecule has 2 heteroatoms. The molecule has 0 aromatic carbocycles. The predicted molar refractivity (Wildman–Crippen MR) is 75.5 cm³/mol. The first-order valence-electron chi connectivity index (χ1n) is 7.53. The minimum absolute atomic E-state index is 0.124. The van der Waals surface area contributed by atoms with E-state index >= 15 is 0 Å². The topological polar surface area (TPSA) is 26.3 Å². The van der Waals surface area contributed by atoms with Crippen molar-refractivity contribution in [1.29, 1.82) is 0 Å². The molecule has 0 N–H and O–H groups in total. The summed E-state index contributed by atoms with van der Waals surface area (Å²) in [6, 6.07) is 0. The Bertz CT molecular complexity index is 351. The normalized spacial score (nSPS) is 42.4. The maximum absolute atomic E-state index is 11.0. The number of hydrogen-bond donors (Lipinski definition) is 0. The quantitative estimate of drug-likeness (QED) is 0.535. The van der Waals surface area contributed by atoms with Crippen LogP contribution >= 0.6 is 0 Å². The van der Waals surface area contributed by atoms with Gasteiger partial charge in [-0.25, -0.2) is 0 Å². The van der Waals surface area contributed by atoms with Crippen molar-refractivity contribution in [2.24, 2.45) is 23.2 Å². The second kappa shape index (κ2) is 4.50. The highest BCUT2D eigenvalue weighted by atomic mass is 16.5. The van der Waals surface area contributed by atoms with Gasteiger partial charge >= 0.3 is 0 Å². The zero-order chi connectivity index (χ0) is 13.5. The van der Waals surface area contributed by atoms with Crippen LogP contribution in [0.3, 0.4) is 0 Å². The molecule has 4 saturated carbocycles. The average Bonchev–Trinajstić information content (AvgIpc) is 2.36. The lowest BCUT2D eigenvalue weighted by Crippen LogP contribution is -2.58. The largest absolute Gasteiger partial charge is 0.456 e. The summed E-state index contributed by atoms with van der Waals surface area (Å²) >= 11 is 0. The van der Waals surface area contributed by atoms with Crippen LogP contribution in [-0.2, 0) is 9.53 Å². The van der Waals surface area contributed by atoms with Gasteiger partial charge in [0.1, 0.15) is 5.60 Å². The highest BCUT2D eigenvalue weighted by Crippen LogP contribution is 2.65. The molecule has 104 valence electrons. The molecule has 0 heterocycles. The highest BCUT2D eigenvalue weighted by molar-refractivity contribution is 5.40. The number of rotatable bonds is 6. The molecule has 4 aliphatic rings. The van der Waals surface area contributed by atoms with Crippen LogP contribution in [0.2, 0.25) is 0 Å². The molecule has 0 radical (unpaired) electrons. The molecular formula is C17H24O2. The number of ether oxygens (including phenoxy) is 1. The Hall–Kier alpha value is -1.05. The molecule has 0 amide bonds. The van der Waals surface area contributed by atoms with Gasteiger partial charge in [0, 0.05) is 11.8 Å². The zero-order valence-corrected chi connectivity index (χ0v) is 11.6. The first kappa shape index (κ1) is 13.0. The first-order chi connectivity index (χ1) is 9.17. The van der Waals surface area contributed by atoms with E-state index in [0.29, 0.717) is 12.9 Å². The maximum Gasteiger partial charge on any atom is 0.293 e. The Morgan fingerprint density at radius 3 is 2.00 bits per heavy atom. The van der Waals surface area contributed by atoms with E-state index in [4.69, 9.17) is 4.74 Å². The van der Waals surface area contributed by atoms with Gasteiger partial charge in [-0.2, -0.15) is 0 Å². The van der Waals surface area contributed by atoms with Crippen molar-refractivity contribution >= 4 is 6.47 Å². The van der Waals surface area contributed by atoms with Crippen molar-refractivity contribution in [3.63, 3.8) is 0 Å². The zero-order valence-electron chi connectivity index (χ0n) is 11.6. The summed E-state index contributed by atoms with van der Waals surface area (Å²) in [6.07, 6.45) is 12.2. The fourth-order valence-electron chi connectivity index (χ4n) is 5.67. The molecule has 0 aliphatic heterocycles. The molecule has 4 aliphatic carbocycles. The van der Waals surface area contributed by atoms with Crippen LogP contribution < -0.4 is 0 Å². The van der Waals surface area contributed by atoms with E-state index in [1.165, 1.54) is 38.5 Å². The maximum atomic E-state index is 11.0. The summed E-state index contributed by atoms with van der Waals surface area (Å²) in [6.45, 7) is 8.47. The molecule has 2 nitrogen and oxygen atoms in total. The van der Waals surface area contributed by atoms with E-state index in [2.05, 4.69) is 13.2 Å². The molecule has 0 saturated heterocycles. The van der Waals surface area contributed by atoms with Gasteiger partial charge in [0.2, 0.25) is 0 Å². The van der Waals surface area contributed by atoms with Crippen LogP contribution in [0.15, 0.2) is 25.3 Å². The molecule has 4 bridgehead atoms. The summed E-state index contributed by atoms with van der Waals surface area (Å²) in [4.78, 5) is 11.0. The molecule has 4 rings (SSSR count). The minimum atomic E-state index is -0.521. The third-order valence-corrected chi connectivity index (χ3v) is 5.97. The van der Waals surface area contributed by atoms with Gasteiger partial charge in [-0.05, 0) is 62.4 Å². The van der Waals surface area contributed by atoms with Gasteiger partial charge < -0.3 is 4.74 Å². The standard InChI is InChI=1S/C17H24O2/c1-3-5-17(4-2,19-12-18)16-9-13-6-14(10-16)8-15(7-13)11-16/h3-4,12-15H,1-2,5-11H2. The molecule has 0 aromatic rings. The number of hydrogen-bond acceptors (Lipinski definition) is 2. The van der Waals surface area contributed by atoms with Crippen LogP contribution in [0.25, 0.3) is 0 Å². The summed E-state index contributed by atoms with van der Waals surface area (Å²) in [5, 5.41) is 0. The first-order valence-corrected chi connectivity index (χ1v) is 7.53. The van der Waals surface area contributed by atoms with Crippen molar-refractivity contribution in [3.05, 3.63) is 25.3 Å². The average molecular weight is 260 g/mol. The van der Waals surface area contributed by atoms with Crippen molar-refractivity contribution in [1.82, 2.24) is 0 Å². The lowest BCUT2D eigenvalue weighted by molar-refractivity contribution is -0.182. The van der Waals surface area contributed by atoms with Gasteiger partial charge in [-0.1, -0.05) is 12.7 Å². The fraction of sp³-hybridized carbons (Fsp3) is 0.706. The molecule has 1 atom stereocenters. The van der Waals surface area contributed by atoms with E-state index in [9.17, 15) is 4.79 Å². The predicted octanol–water partition coefficient (Wildman–Crippen LogP) is 3.88. The van der Waals surface area contributed by atoms with Crippen LogP contribution in [-0.4, -0.2) is 12.1 Å². The van der Waals surface area contributed by atoms with E-state index in [1.54, 1.807) is 0 Å². The second-order valence-corrected chi connectivity index (χ2v) is 7.00. The van der Waals surface area contributed by atoms with Gasteiger partial charge in [-0.15, -0.1) is 6.58 Å². The van der Waals surface area contributed by atoms with Gasteiger partial charge in [0.05, 0.1) is 0 Å². The van der Waals surface area contributed by atoms with E-state index in [1.807, 2.05) is 12.2 Å². The van der Waals surface area contributed by atoms with E-state index in [0.717, 1.165) is 17.8 Å². The molecule has 19 heavy (non-hydrogen) atoms. The second-order valence-electron chi connectivity index (χ2n) is 7.00. The lowest BCUT2D eigenvalue weighted by atomic mass is 9.45. The Morgan fingerprint density at radius 2 is 1.63 bits per heavy atom. The lowest BCUT2D eigenvalue weighted by Gasteiger charge is -2.62. The van der Waals surface area contributed by atoms with Crippen LogP contribution in [0.5, 0.6) is 0 Å². The van der Waals surface area contributed by atoms with Crippen LogP contribution in [0.1, 0.15) is 44.9 Å². The van der Waals surface area contributed by atoms with Crippen molar-refractivity contribution in [2.75, 3.05) is 0 Å². The Morgan fingerprint density at radius 1 is 1.11 bits per heavy atom. The van der Waals surface area contributed by atoms with Crippen molar-refractivity contribution < 1.29 is 9.53 Å². The summed E-state index contributed by atoms with van der Waals surface area (Å²) in [5.74, 6) is 2.52.